The number of ether oxygens (including phenoxy) is 1. The van der Waals surface area contributed by atoms with E-state index in [4.69, 9.17) is 9.26 Å². The van der Waals surface area contributed by atoms with E-state index in [9.17, 15) is 14.4 Å². The van der Waals surface area contributed by atoms with Crippen molar-refractivity contribution in [2.45, 2.75) is 57.9 Å². The number of fused-ring (bicyclic) bond motifs is 1. The standard InChI is InChI=1S/C25H28N4O5/c1-13-8-6-7-9-15(13)29-20(22(31)27-24(3,4)5)25-11-10-16(33-25)18(19(25)23(29)32)21(30)26-17-12-14(2)34-28-17/h6-12,16,18-20H,1-5H3,(H,27,31)(H,26,28,30)/t16-,18-,19-,20-,25-/m1/s1. The molecule has 1 aromatic carbocycles. The van der Waals surface area contributed by atoms with Crippen LogP contribution in [0.2, 0.25) is 0 Å². The second-order valence-corrected chi connectivity index (χ2v) is 10.2. The SMILES string of the molecule is Cc1cc(NC(=O)[C@@H]2[C@H]3C=C[C@@]4(O3)[C@H]2C(=O)N(c2ccccc2C)[C@@H]4C(=O)NC(C)(C)C)no1. The van der Waals surface area contributed by atoms with E-state index in [1.165, 1.54) is 4.90 Å². The summed E-state index contributed by atoms with van der Waals surface area (Å²) < 4.78 is 11.4. The molecule has 2 saturated heterocycles. The molecule has 1 spiro atoms. The van der Waals surface area contributed by atoms with Gasteiger partial charge in [-0.3, -0.25) is 19.3 Å². The van der Waals surface area contributed by atoms with Gasteiger partial charge in [-0.15, -0.1) is 0 Å². The van der Waals surface area contributed by atoms with Crippen molar-refractivity contribution in [3.63, 3.8) is 0 Å². The van der Waals surface area contributed by atoms with Crippen LogP contribution in [0, 0.1) is 25.7 Å². The van der Waals surface area contributed by atoms with Crippen molar-refractivity contribution >= 4 is 29.2 Å². The van der Waals surface area contributed by atoms with Crippen LogP contribution in [0.5, 0.6) is 0 Å². The quantitative estimate of drug-likeness (QED) is 0.672. The van der Waals surface area contributed by atoms with Gasteiger partial charge >= 0.3 is 0 Å². The van der Waals surface area contributed by atoms with Gasteiger partial charge in [-0.1, -0.05) is 35.5 Å². The molecule has 9 nitrogen and oxygen atoms in total. The summed E-state index contributed by atoms with van der Waals surface area (Å²) in [6, 6.07) is 8.04. The number of benzene rings is 1. The zero-order valence-electron chi connectivity index (χ0n) is 19.8. The first-order chi connectivity index (χ1) is 16.0. The summed E-state index contributed by atoms with van der Waals surface area (Å²) in [5.74, 6) is -1.88. The lowest BCUT2D eigenvalue weighted by Gasteiger charge is -2.34. The first kappa shape index (κ1) is 22.3. The Morgan fingerprint density at radius 3 is 2.53 bits per heavy atom. The van der Waals surface area contributed by atoms with Crippen molar-refractivity contribution in [3.05, 3.63) is 53.8 Å². The fourth-order valence-electron chi connectivity index (χ4n) is 5.34. The molecule has 2 aromatic rings. The van der Waals surface area contributed by atoms with Crippen molar-refractivity contribution < 1.29 is 23.6 Å². The molecule has 3 aliphatic rings. The third kappa shape index (κ3) is 3.34. The first-order valence-electron chi connectivity index (χ1n) is 11.3. The topological polar surface area (TPSA) is 114 Å². The Morgan fingerprint density at radius 1 is 1.15 bits per heavy atom. The molecule has 34 heavy (non-hydrogen) atoms. The van der Waals surface area contributed by atoms with Crippen LogP contribution < -0.4 is 15.5 Å². The number of para-hydroxylation sites is 1. The van der Waals surface area contributed by atoms with E-state index in [-0.39, 0.29) is 17.6 Å². The Hall–Kier alpha value is -3.46. The molecule has 178 valence electrons. The van der Waals surface area contributed by atoms with E-state index < -0.39 is 41.0 Å². The number of nitrogens with one attached hydrogen (secondary N) is 2. The number of aromatic nitrogens is 1. The minimum absolute atomic E-state index is 0.270. The van der Waals surface area contributed by atoms with Crippen LogP contribution in [0.25, 0.3) is 0 Å². The normalized spacial score (nSPS) is 29.4. The van der Waals surface area contributed by atoms with E-state index in [0.29, 0.717) is 11.4 Å². The fourth-order valence-corrected chi connectivity index (χ4v) is 5.34. The predicted octanol–water partition coefficient (Wildman–Crippen LogP) is 2.50. The molecule has 2 bridgehead atoms. The number of anilines is 2. The van der Waals surface area contributed by atoms with E-state index in [2.05, 4.69) is 15.8 Å². The molecule has 4 heterocycles. The van der Waals surface area contributed by atoms with Gasteiger partial charge < -0.3 is 19.9 Å². The van der Waals surface area contributed by atoms with E-state index >= 15 is 0 Å². The summed E-state index contributed by atoms with van der Waals surface area (Å²) in [6.45, 7) is 9.26. The summed E-state index contributed by atoms with van der Waals surface area (Å²) in [5, 5.41) is 9.57. The van der Waals surface area contributed by atoms with Crippen LogP contribution in [0.1, 0.15) is 32.1 Å². The number of carbonyl (C=O) groups is 3. The van der Waals surface area contributed by atoms with Crippen LogP contribution >= 0.6 is 0 Å². The smallest absolute Gasteiger partial charge is 0.246 e. The van der Waals surface area contributed by atoms with Crippen molar-refractivity contribution in [3.8, 4) is 0 Å². The molecule has 3 amide bonds. The minimum Gasteiger partial charge on any atom is -0.360 e. The Labute approximate surface area is 197 Å². The van der Waals surface area contributed by atoms with Gasteiger partial charge in [-0.05, 0) is 46.2 Å². The number of rotatable bonds is 4. The second-order valence-electron chi connectivity index (χ2n) is 10.2. The molecular weight excluding hydrogens is 436 g/mol. The van der Waals surface area contributed by atoms with Gasteiger partial charge in [0, 0.05) is 17.3 Å². The van der Waals surface area contributed by atoms with Crippen LogP contribution in [-0.4, -0.2) is 46.2 Å². The maximum Gasteiger partial charge on any atom is 0.246 e. The van der Waals surface area contributed by atoms with Crippen molar-refractivity contribution in [2.24, 2.45) is 11.8 Å². The summed E-state index contributed by atoms with van der Waals surface area (Å²) in [5.41, 5.74) is -0.301. The number of amides is 3. The monoisotopic (exact) mass is 464 g/mol. The summed E-state index contributed by atoms with van der Waals surface area (Å²) in [6.07, 6.45) is 2.95. The third-order valence-corrected chi connectivity index (χ3v) is 6.58. The van der Waals surface area contributed by atoms with Crippen molar-refractivity contribution in [2.75, 3.05) is 10.2 Å². The van der Waals surface area contributed by atoms with Crippen molar-refractivity contribution in [1.29, 1.82) is 0 Å². The Kier molecular flexibility index (Phi) is 4.95. The Bertz CT molecular complexity index is 1210. The molecule has 5 rings (SSSR count). The van der Waals surface area contributed by atoms with Gasteiger partial charge in [0.2, 0.25) is 17.7 Å². The Balaban J connectivity index is 1.57. The zero-order valence-corrected chi connectivity index (χ0v) is 19.8. The van der Waals surface area contributed by atoms with Crippen molar-refractivity contribution in [1.82, 2.24) is 10.5 Å². The molecule has 0 aliphatic carbocycles. The number of hydrogen-bond acceptors (Lipinski definition) is 6. The predicted molar refractivity (Wildman–Crippen MR) is 124 cm³/mol. The lowest BCUT2D eigenvalue weighted by atomic mass is 9.74. The van der Waals surface area contributed by atoms with E-state index in [0.717, 1.165) is 5.56 Å². The second kappa shape index (κ2) is 7.53. The van der Waals surface area contributed by atoms with Gasteiger partial charge in [0.1, 0.15) is 17.4 Å². The minimum atomic E-state index is -1.25. The summed E-state index contributed by atoms with van der Waals surface area (Å²) >= 11 is 0. The van der Waals surface area contributed by atoms with Gasteiger partial charge in [0.05, 0.1) is 17.9 Å². The lowest BCUT2D eigenvalue weighted by Crippen LogP contribution is -2.58. The van der Waals surface area contributed by atoms with E-state index in [1.54, 1.807) is 25.1 Å². The average molecular weight is 465 g/mol. The maximum absolute atomic E-state index is 14.0. The third-order valence-electron chi connectivity index (χ3n) is 6.58. The molecule has 3 aliphatic heterocycles. The van der Waals surface area contributed by atoms with E-state index in [1.807, 2.05) is 52.0 Å². The highest BCUT2D eigenvalue weighted by atomic mass is 16.5. The molecule has 9 heteroatoms. The summed E-state index contributed by atoms with van der Waals surface area (Å²) in [4.78, 5) is 42.5. The molecule has 0 unspecified atom stereocenters. The number of carbonyl (C=O) groups excluding carboxylic acids is 3. The van der Waals surface area contributed by atoms with Crippen LogP contribution in [0.15, 0.2) is 47.0 Å². The number of aryl methyl sites for hydroxylation is 2. The van der Waals surface area contributed by atoms with Crippen LogP contribution in [-0.2, 0) is 19.1 Å². The summed E-state index contributed by atoms with van der Waals surface area (Å²) in [7, 11) is 0. The maximum atomic E-state index is 14.0. The highest BCUT2D eigenvalue weighted by Crippen LogP contribution is 2.56. The number of hydrogen-bond donors (Lipinski definition) is 2. The zero-order chi connectivity index (χ0) is 24.4. The number of nitrogens with zero attached hydrogens (tertiary/aromatic N) is 2. The molecule has 5 atom stereocenters. The molecule has 0 radical (unpaired) electrons. The molecule has 2 N–H and O–H groups in total. The van der Waals surface area contributed by atoms with Gasteiger partial charge in [0.25, 0.3) is 0 Å². The fraction of sp³-hybridized carbons (Fsp3) is 0.440. The van der Waals surface area contributed by atoms with Crippen LogP contribution in [0.3, 0.4) is 0 Å². The highest BCUT2D eigenvalue weighted by molar-refractivity contribution is 6.11. The Morgan fingerprint density at radius 2 is 1.88 bits per heavy atom. The molecule has 2 fully saturated rings. The van der Waals surface area contributed by atoms with Gasteiger partial charge in [0.15, 0.2) is 5.82 Å². The largest absolute Gasteiger partial charge is 0.360 e. The first-order valence-corrected chi connectivity index (χ1v) is 11.3. The molecule has 1 aromatic heterocycles. The molecule has 0 saturated carbocycles. The van der Waals surface area contributed by atoms with Gasteiger partial charge in [-0.2, -0.15) is 0 Å². The van der Waals surface area contributed by atoms with Crippen LogP contribution in [0.4, 0.5) is 11.5 Å². The lowest BCUT2D eigenvalue weighted by molar-refractivity contribution is -0.129. The van der Waals surface area contributed by atoms with Gasteiger partial charge in [-0.25, -0.2) is 0 Å². The molecular formula is C25H28N4O5. The average Bonchev–Trinajstić information content (AvgIpc) is 3.48. The highest BCUT2D eigenvalue weighted by Gasteiger charge is 2.73.